The van der Waals surface area contributed by atoms with Gasteiger partial charge in [-0.2, -0.15) is 0 Å². The summed E-state index contributed by atoms with van der Waals surface area (Å²) in [5.41, 5.74) is 2.15. The lowest BCUT2D eigenvalue weighted by Crippen LogP contribution is -1.77. The second-order valence-corrected chi connectivity index (χ2v) is 4.84. The van der Waals surface area contributed by atoms with E-state index in [-0.39, 0.29) is 0 Å². The normalized spacial score (nSPS) is 11.0. The molecule has 3 aromatic rings. The molecule has 3 heteroatoms. The standard InChI is InChI=1S/C12H10N2S/c1-8-2-3-11(15-8)10-6-9-4-5-13-12(9)14-7-10/h2-7H,1H3,(H,13,14). The molecule has 0 saturated heterocycles. The van der Waals surface area contributed by atoms with Crippen molar-refractivity contribution in [3.63, 3.8) is 0 Å². The number of nitrogens with one attached hydrogen (secondary N) is 1. The van der Waals surface area contributed by atoms with Crippen molar-refractivity contribution in [2.45, 2.75) is 6.92 Å². The minimum Gasteiger partial charge on any atom is -0.346 e. The van der Waals surface area contributed by atoms with Gasteiger partial charge in [0, 0.05) is 33.1 Å². The first-order valence-electron chi connectivity index (χ1n) is 4.83. The molecule has 0 unspecified atom stereocenters. The van der Waals surface area contributed by atoms with E-state index in [4.69, 9.17) is 0 Å². The third kappa shape index (κ3) is 1.45. The number of aromatic nitrogens is 2. The Morgan fingerprint density at radius 3 is 3.00 bits per heavy atom. The first-order chi connectivity index (χ1) is 7.33. The Balaban J connectivity index is 2.18. The molecule has 0 aliphatic heterocycles. The summed E-state index contributed by atoms with van der Waals surface area (Å²) in [5, 5.41) is 1.17. The van der Waals surface area contributed by atoms with Gasteiger partial charge in [-0.3, -0.25) is 0 Å². The zero-order valence-electron chi connectivity index (χ0n) is 8.32. The molecule has 3 heterocycles. The zero-order valence-corrected chi connectivity index (χ0v) is 9.14. The lowest BCUT2D eigenvalue weighted by Gasteiger charge is -1.96. The summed E-state index contributed by atoms with van der Waals surface area (Å²) in [6.45, 7) is 2.12. The summed E-state index contributed by atoms with van der Waals surface area (Å²) in [6.07, 6.45) is 3.84. The number of nitrogens with zero attached hydrogens (tertiary/aromatic N) is 1. The lowest BCUT2D eigenvalue weighted by molar-refractivity contribution is 1.33. The molecule has 0 bridgehead atoms. The van der Waals surface area contributed by atoms with Crippen molar-refractivity contribution in [3.05, 3.63) is 41.5 Å². The second kappa shape index (κ2) is 3.21. The minimum atomic E-state index is 0.951. The van der Waals surface area contributed by atoms with Crippen LogP contribution in [0, 0.1) is 6.92 Å². The molecule has 74 valence electrons. The molecular weight excluding hydrogens is 204 g/mol. The van der Waals surface area contributed by atoms with Crippen LogP contribution in [0.25, 0.3) is 21.5 Å². The fourth-order valence-corrected chi connectivity index (χ4v) is 2.51. The van der Waals surface area contributed by atoms with Gasteiger partial charge in [0.15, 0.2) is 0 Å². The van der Waals surface area contributed by atoms with Crippen LogP contribution in [0.2, 0.25) is 0 Å². The van der Waals surface area contributed by atoms with Crippen molar-refractivity contribution < 1.29 is 0 Å². The predicted molar refractivity (Wildman–Crippen MR) is 64.1 cm³/mol. The molecule has 2 nitrogen and oxygen atoms in total. The zero-order chi connectivity index (χ0) is 10.3. The molecule has 3 aromatic heterocycles. The van der Waals surface area contributed by atoms with Gasteiger partial charge in [0.2, 0.25) is 0 Å². The van der Waals surface area contributed by atoms with Crippen molar-refractivity contribution in [1.29, 1.82) is 0 Å². The van der Waals surface area contributed by atoms with E-state index in [0.29, 0.717) is 0 Å². The quantitative estimate of drug-likeness (QED) is 0.658. The van der Waals surface area contributed by atoms with Crippen molar-refractivity contribution in [3.8, 4) is 10.4 Å². The Morgan fingerprint density at radius 1 is 1.27 bits per heavy atom. The maximum absolute atomic E-state index is 4.38. The minimum absolute atomic E-state index is 0.951. The van der Waals surface area contributed by atoms with Crippen LogP contribution in [0.1, 0.15) is 4.88 Å². The molecule has 3 rings (SSSR count). The average molecular weight is 214 g/mol. The number of thiophene rings is 1. The van der Waals surface area contributed by atoms with Gasteiger partial charge in [-0.1, -0.05) is 0 Å². The van der Waals surface area contributed by atoms with Crippen LogP contribution in [0.3, 0.4) is 0 Å². The topological polar surface area (TPSA) is 28.7 Å². The van der Waals surface area contributed by atoms with Gasteiger partial charge < -0.3 is 4.98 Å². The van der Waals surface area contributed by atoms with Crippen LogP contribution in [0.15, 0.2) is 36.7 Å². The molecule has 0 amide bonds. The van der Waals surface area contributed by atoms with Gasteiger partial charge in [-0.25, -0.2) is 4.98 Å². The van der Waals surface area contributed by atoms with Crippen LogP contribution in [0.4, 0.5) is 0 Å². The summed E-state index contributed by atoms with van der Waals surface area (Å²) in [6, 6.07) is 8.51. The summed E-state index contributed by atoms with van der Waals surface area (Å²) in [5.74, 6) is 0. The van der Waals surface area contributed by atoms with Crippen LogP contribution in [0.5, 0.6) is 0 Å². The van der Waals surface area contributed by atoms with E-state index in [0.717, 1.165) is 5.65 Å². The van der Waals surface area contributed by atoms with Gasteiger partial charge in [-0.05, 0) is 31.2 Å². The van der Waals surface area contributed by atoms with Crippen molar-refractivity contribution in [1.82, 2.24) is 9.97 Å². The number of aryl methyl sites for hydroxylation is 1. The first kappa shape index (κ1) is 8.68. The Morgan fingerprint density at radius 2 is 2.20 bits per heavy atom. The molecule has 0 aromatic carbocycles. The molecule has 0 radical (unpaired) electrons. The molecule has 1 N–H and O–H groups in total. The maximum atomic E-state index is 4.38. The number of aromatic amines is 1. The molecule has 0 saturated carbocycles. The van der Waals surface area contributed by atoms with E-state index in [2.05, 4.69) is 35.1 Å². The van der Waals surface area contributed by atoms with E-state index >= 15 is 0 Å². The summed E-state index contributed by atoms with van der Waals surface area (Å²) in [4.78, 5) is 10.1. The smallest absolute Gasteiger partial charge is 0.137 e. The second-order valence-electron chi connectivity index (χ2n) is 3.55. The van der Waals surface area contributed by atoms with Gasteiger partial charge in [0.1, 0.15) is 5.65 Å². The fourth-order valence-electron chi connectivity index (χ4n) is 1.66. The molecule has 0 atom stereocenters. The van der Waals surface area contributed by atoms with Gasteiger partial charge in [0.25, 0.3) is 0 Å². The van der Waals surface area contributed by atoms with Crippen LogP contribution >= 0.6 is 11.3 Å². The van der Waals surface area contributed by atoms with E-state index < -0.39 is 0 Å². The summed E-state index contributed by atoms with van der Waals surface area (Å²) in [7, 11) is 0. The number of fused-ring (bicyclic) bond motifs is 1. The first-order valence-corrected chi connectivity index (χ1v) is 5.64. The average Bonchev–Trinajstić information content (AvgIpc) is 2.84. The Hall–Kier alpha value is -1.61. The van der Waals surface area contributed by atoms with E-state index in [1.165, 1.54) is 20.7 Å². The predicted octanol–water partition coefficient (Wildman–Crippen LogP) is 3.60. The Kier molecular flexibility index (Phi) is 1.86. The Labute approximate surface area is 91.6 Å². The monoisotopic (exact) mass is 214 g/mol. The molecule has 0 spiro atoms. The van der Waals surface area contributed by atoms with Crippen molar-refractivity contribution >= 4 is 22.4 Å². The van der Waals surface area contributed by atoms with Crippen LogP contribution < -0.4 is 0 Å². The highest BCUT2D eigenvalue weighted by Crippen LogP contribution is 2.28. The number of hydrogen-bond acceptors (Lipinski definition) is 2. The third-order valence-corrected chi connectivity index (χ3v) is 3.47. The lowest BCUT2D eigenvalue weighted by atomic mass is 10.2. The van der Waals surface area contributed by atoms with E-state index in [9.17, 15) is 0 Å². The van der Waals surface area contributed by atoms with Crippen LogP contribution in [-0.2, 0) is 0 Å². The number of hydrogen-bond donors (Lipinski definition) is 1. The maximum Gasteiger partial charge on any atom is 0.137 e. The van der Waals surface area contributed by atoms with Crippen molar-refractivity contribution in [2.24, 2.45) is 0 Å². The number of pyridine rings is 1. The highest BCUT2D eigenvalue weighted by atomic mass is 32.1. The molecular formula is C12H10N2S. The number of H-pyrrole nitrogens is 1. The highest BCUT2D eigenvalue weighted by Gasteiger charge is 2.03. The van der Waals surface area contributed by atoms with Crippen molar-refractivity contribution in [2.75, 3.05) is 0 Å². The van der Waals surface area contributed by atoms with E-state index in [1.807, 2.05) is 18.5 Å². The highest BCUT2D eigenvalue weighted by molar-refractivity contribution is 7.15. The summed E-state index contributed by atoms with van der Waals surface area (Å²) >= 11 is 1.80. The van der Waals surface area contributed by atoms with Crippen LogP contribution in [-0.4, -0.2) is 9.97 Å². The van der Waals surface area contributed by atoms with E-state index in [1.54, 1.807) is 11.3 Å². The molecule has 15 heavy (non-hydrogen) atoms. The van der Waals surface area contributed by atoms with Gasteiger partial charge in [-0.15, -0.1) is 11.3 Å². The SMILES string of the molecule is Cc1ccc(-c2cnc3[nH]ccc3c2)s1. The third-order valence-electron chi connectivity index (χ3n) is 2.42. The fraction of sp³-hybridized carbons (Fsp3) is 0.0833. The largest absolute Gasteiger partial charge is 0.346 e. The number of rotatable bonds is 1. The van der Waals surface area contributed by atoms with Gasteiger partial charge >= 0.3 is 0 Å². The molecule has 0 fully saturated rings. The summed E-state index contributed by atoms with van der Waals surface area (Å²) < 4.78 is 0. The Bertz CT molecular complexity index is 607. The molecule has 0 aliphatic carbocycles. The van der Waals surface area contributed by atoms with Gasteiger partial charge in [0.05, 0.1) is 0 Å². The molecule has 0 aliphatic rings.